The normalized spacial score (nSPS) is 28.5. The molecule has 5 fully saturated rings. The predicted octanol–water partition coefficient (Wildman–Crippen LogP) is 1.69. The van der Waals surface area contributed by atoms with E-state index < -0.39 is 192 Å². The van der Waals surface area contributed by atoms with Crippen LogP contribution in [0.5, 0.6) is 46.0 Å². The fraction of sp³-hybridized carbons (Fsp3) is 0.480. The van der Waals surface area contributed by atoms with E-state index >= 15 is 28.8 Å². The minimum absolute atomic E-state index is 0.0478. The van der Waals surface area contributed by atoms with Crippen molar-refractivity contribution in [2.45, 2.75) is 150 Å². The summed E-state index contributed by atoms with van der Waals surface area (Å²) in [4.78, 5) is 136. The highest BCUT2D eigenvalue weighted by atomic mass is 35.5. The number of amides is 10. The van der Waals surface area contributed by atoms with Gasteiger partial charge in [-0.15, -0.1) is 0 Å². The maximum Gasteiger partial charge on any atom is 0.321 e. The molecular weight excluding hydrogens is 1490 g/mol. The first-order valence-electron chi connectivity index (χ1n) is 36.4. The summed E-state index contributed by atoms with van der Waals surface area (Å²) in [5.74, 6) is -13.3. The smallest absolute Gasteiger partial charge is 0.321 e. The molecule has 15 bridgehead atoms. The van der Waals surface area contributed by atoms with Crippen molar-refractivity contribution in [3.63, 3.8) is 0 Å². The Morgan fingerprint density at radius 3 is 1.88 bits per heavy atom. The molecule has 4 saturated carbocycles. The summed E-state index contributed by atoms with van der Waals surface area (Å²) in [7, 11) is 2.93. The molecule has 10 aliphatic rings. The van der Waals surface area contributed by atoms with Crippen LogP contribution in [-0.2, 0) is 52.6 Å². The number of carbonyl (C=O) groups is 9. The quantitative estimate of drug-likeness (QED) is 0.0555. The van der Waals surface area contributed by atoms with Gasteiger partial charge in [0.15, 0.2) is 11.5 Å². The number of likely N-dealkylation sites (N-methyl/N-ethyl adjacent to an activating group) is 1. The highest BCUT2D eigenvalue weighted by molar-refractivity contribution is 6.32. The van der Waals surface area contributed by atoms with Gasteiger partial charge in [0, 0.05) is 43.4 Å². The van der Waals surface area contributed by atoms with E-state index in [0.717, 1.165) is 86.7 Å². The molecule has 10 amide bonds. The van der Waals surface area contributed by atoms with E-state index in [1.807, 2.05) is 13.8 Å². The van der Waals surface area contributed by atoms with E-state index in [9.17, 15) is 55.2 Å². The van der Waals surface area contributed by atoms with Crippen LogP contribution in [0.2, 0.25) is 10.0 Å². The maximum absolute atomic E-state index is 16.3. The number of phenols is 3. The molecule has 36 heteroatoms. The number of hydrogen-bond donors (Lipinski definition) is 19. The number of aliphatic hydroxyl groups excluding tert-OH is 5. The third kappa shape index (κ3) is 17.8. The van der Waals surface area contributed by atoms with Gasteiger partial charge in [0.1, 0.15) is 102 Å². The van der Waals surface area contributed by atoms with Gasteiger partial charge in [0.05, 0.1) is 42.3 Å². The first-order valence-corrected chi connectivity index (χ1v) is 37.1. The molecule has 1 saturated heterocycles. The predicted molar refractivity (Wildman–Crippen MR) is 391 cm³/mol. The van der Waals surface area contributed by atoms with Crippen molar-refractivity contribution in [3.8, 4) is 57.1 Å². The van der Waals surface area contributed by atoms with Crippen LogP contribution < -0.4 is 73.1 Å². The van der Waals surface area contributed by atoms with E-state index in [2.05, 4.69) is 53.2 Å². The Bertz CT molecular complexity index is 4370. The van der Waals surface area contributed by atoms with Crippen molar-refractivity contribution in [2.24, 2.45) is 35.3 Å². The molecule has 34 nitrogen and oxygen atoms in total. The average Bonchev–Trinajstić information content (AvgIpc) is 0.761. The third-order valence-corrected chi connectivity index (χ3v) is 21.8. The van der Waals surface area contributed by atoms with Gasteiger partial charge >= 0.3 is 6.03 Å². The lowest BCUT2D eigenvalue weighted by atomic mass is 9.54. The Morgan fingerprint density at radius 2 is 1.26 bits per heavy atom. The van der Waals surface area contributed by atoms with Crippen molar-refractivity contribution >= 4 is 76.5 Å². The van der Waals surface area contributed by atoms with E-state index in [1.54, 1.807) is 0 Å². The number of methoxy groups -OCH3 is 1. The van der Waals surface area contributed by atoms with E-state index in [1.165, 1.54) is 38.4 Å². The Labute approximate surface area is 645 Å². The van der Waals surface area contributed by atoms with Crippen molar-refractivity contribution in [1.82, 2.24) is 53.2 Å². The Hall–Kier alpha value is -9.69. The maximum atomic E-state index is 16.3. The van der Waals surface area contributed by atoms with Crippen molar-refractivity contribution in [2.75, 3.05) is 47.1 Å². The lowest BCUT2D eigenvalue weighted by Gasteiger charge is -2.54. The van der Waals surface area contributed by atoms with E-state index in [-0.39, 0.29) is 112 Å². The van der Waals surface area contributed by atoms with Gasteiger partial charge in [-0.05, 0) is 158 Å². The molecular formula is C75H89Cl2N11O23. The summed E-state index contributed by atoms with van der Waals surface area (Å²) in [6, 6.07) is -0.997. The molecule has 4 aliphatic carbocycles. The van der Waals surface area contributed by atoms with Gasteiger partial charge in [-0.3, -0.25) is 43.7 Å². The Morgan fingerprint density at radius 1 is 0.640 bits per heavy atom. The number of benzene rings is 5. The molecule has 14 atom stereocenters. The van der Waals surface area contributed by atoms with Gasteiger partial charge < -0.3 is 123 Å². The molecule has 0 aromatic heterocycles. The lowest BCUT2D eigenvalue weighted by Crippen LogP contribution is -2.60. The van der Waals surface area contributed by atoms with E-state index in [0.29, 0.717) is 11.8 Å². The molecule has 5 aromatic rings. The fourth-order valence-electron chi connectivity index (χ4n) is 15.9. The van der Waals surface area contributed by atoms with Gasteiger partial charge in [0.2, 0.25) is 59.3 Å². The largest absolute Gasteiger partial charge is 0.508 e. The topological polar surface area (TPSA) is 517 Å². The van der Waals surface area contributed by atoms with Crippen molar-refractivity contribution in [3.05, 3.63) is 117 Å². The molecule has 111 heavy (non-hydrogen) atoms. The zero-order valence-electron chi connectivity index (χ0n) is 60.6. The molecule has 20 N–H and O–H groups in total. The standard InChI is InChI=1S/C75H89Cl2N11O23/c1-30(2)15-44(79-3)67(98)87-59-61(93)34-6-9-48(42(76)22-34)108-50-24-38-25-51(66(50)111-74-65(97)64(96)63(95)52(29-78)110-74)109-49-10-7-35(23-43(49)77)62(94)60-73(104)86-58(71(102)83-55-36-17-31-16-32(19-36)20-37(55)18-31)41-26-39(89)27-47(91)54(41)40-21-33(5-8-46(40)90)56(69(100)88-60)85-70(101)57(38)84-68(99)45(81-72(59)103)28-53(92)82-75(105)80-11-12-107-14-13-106-4/h5-10,21-27,30-32,36-37,44-45,52,55-65,74,79,89-91,93-97H,11-20,28-29,78H2,1-4H3,(H,81,103)(H,83,102)(H,84,99)(H,85,101)(H,86,104)(H,87,98)(H,88,100)(H2,80,82,92,105)/t31?,32?,36?,37?,44-,45+,52-,55?,56-,57-,58+,59-,60+,61-,62-,63-,64+,65-,74+/m1/s1. The Balaban J connectivity index is 1.05. The number of nitrogens with two attached hydrogens (primary N) is 1. The van der Waals surface area contributed by atoms with Gasteiger partial charge in [-0.2, -0.15) is 0 Å². The number of rotatable bonds is 18. The second kappa shape index (κ2) is 34.5. The number of halogens is 2. The number of nitrogens with one attached hydrogen (secondary N) is 10. The van der Waals surface area contributed by atoms with Crippen LogP contribution in [-0.4, -0.2) is 202 Å². The van der Waals surface area contributed by atoms with Crippen molar-refractivity contribution < 1.29 is 112 Å². The summed E-state index contributed by atoms with van der Waals surface area (Å²) in [6.07, 6.45) is -10.2. The summed E-state index contributed by atoms with van der Waals surface area (Å²) < 4.78 is 35.9. The number of ether oxygens (including phenoxy) is 6. The summed E-state index contributed by atoms with van der Waals surface area (Å²) >= 11 is 14.2. The number of aromatic hydroxyl groups is 3. The zero-order chi connectivity index (χ0) is 79.5. The minimum atomic E-state index is -2.36. The number of carbonyl (C=O) groups excluding carboxylic acids is 9. The number of imide groups is 1. The second-order valence-corrected chi connectivity index (χ2v) is 30.1. The summed E-state index contributed by atoms with van der Waals surface area (Å²) in [6.45, 7) is 3.35. The number of fused-ring (bicyclic) bond motifs is 15. The van der Waals surface area contributed by atoms with Crippen LogP contribution >= 0.6 is 23.2 Å². The first kappa shape index (κ1) is 80.8. The SMILES string of the molecule is CN[C@H](CC(C)C)C(=O)N[C@H]1C(=O)N[C@@H](CC(=O)NC(=O)NCCOCCOC)C(=O)N[C@H]2C(=O)N[C@H]3C(=O)N[C@H](C(=O)N[C@H](C(=O)NC4C5CC6CC(C5)CC4C6)c4cc(O)cc(O)c4-c4cc3ccc4O)[C@H](O)c3ccc(c(Cl)c3)Oc3cc2cc(c3O[C@@H]2O[C@H](CN)[C@@H](O)[C@H](O)[C@H]2O)Oc2ccc(cc2Cl)[C@H]1O. The summed E-state index contributed by atoms with van der Waals surface area (Å²) in [5.41, 5.74) is 3.84. The fourth-order valence-corrected chi connectivity index (χ4v) is 16.3. The van der Waals surface area contributed by atoms with Crippen LogP contribution in [0.25, 0.3) is 11.1 Å². The van der Waals surface area contributed by atoms with Gasteiger partial charge in [-0.1, -0.05) is 55.2 Å². The van der Waals surface area contributed by atoms with Gasteiger partial charge in [-0.25, -0.2) is 4.79 Å². The van der Waals surface area contributed by atoms with Crippen LogP contribution in [0.15, 0.2) is 78.9 Å². The van der Waals surface area contributed by atoms with Crippen LogP contribution in [0.3, 0.4) is 0 Å². The monoisotopic (exact) mass is 1580 g/mol. The average molecular weight is 1580 g/mol. The van der Waals surface area contributed by atoms with Crippen molar-refractivity contribution in [1.29, 1.82) is 0 Å². The van der Waals surface area contributed by atoms with E-state index in [4.69, 9.17) is 57.4 Å². The summed E-state index contributed by atoms with van der Waals surface area (Å²) in [5, 5.41) is 119. The number of aliphatic hydroxyl groups is 5. The highest BCUT2D eigenvalue weighted by Crippen LogP contribution is 2.55. The molecule has 5 aromatic carbocycles. The first-order chi connectivity index (χ1) is 53.0. The van der Waals surface area contributed by atoms with Crippen LogP contribution in [0.4, 0.5) is 4.79 Å². The third-order valence-electron chi connectivity index (χ3n) is 21.2. The van der Waals surface area contributed by atoms with Crippen LogP contribution in [0.1, 0.15) is 117 Å². The second-order valence-electron chi connectivity index (χ2n) is 29.3. The number of phenolic OH excluding ortho intramolecular Hbond substituents is 3. The minimum Gasteiger partial charge on any atom is -0.508 e. The lowest BCUT2D eigenvalue weighted by molar-refractivity contribution is -0.270. The molecule has 0 spiro atoms. The highest BCUT2D eigenvalue weighted by Gasteiger charge is 2.51. The van der Waals surface area contributed by atoms with Crippen LogP contribution in [0, 0.1) is 29.6 Å². The zero-order valence-corrected chi connectivity index (χ0v) is 62.1. The number of hydrogen-bond acceptors (Lipinski definition) is 25. The Kier molecular flexibility index (Phi) is 25.1. The molecule has 596 valence electrons. The molecule has 15 rings (SSSR count). The molecule has 0 radical (unpaired) electrons. The molecule has 6 heterocycles. The molecule has 0 unspecified atom stereocenters. The molecule has 6 aliphatic heterocycles. The number of urea groups is 1. The van der Waals surface area contributed by atoms with Gasteiger partial charge in [0.25, 0.3) is 0 Å².